The topological polar surface area (TPSA) is 88.3 Å². The predicted molar refractivity (Wildman–Crippen MR) is 121 cm³/mol. The van der Waals surface area contributed by atoms with E-state index in [9.17, 15) is 13.2 Å². The molecule has 1 heterocycles. The molecule has 0 atom stereocenters. The number of H-pyrrole nitrogens is 1. The van der Waals surface area contributed by atoms with Crippen molar-refractivity contribution >= 4 is 55.7 Å². The standard InChI is InChI=1S/C22H16Cl2N2O4S/c23-14-6-9-16(10-7-14)30-13-20(27)26-22-21(18-12-15(24)8-11-19(18)25-22)31(28,29)17-4-2-1-3-5-17/h1-12,25H,13H2,(H,26,27). The highest BCUT2D eigenvalue weighted by Crippen LogP contribution is 2.36. The molecule has 0 aliphatic rings. The van der Waals surface area contributed by atoms with Crippen molar-refractivity contribution in [2.45, 2.75) is 9.79 Å². The molecule has 2 N–H and O–H groups in total. The number of carbonyl (C=O) groups is 1. The van der Waals surface area contributed by atoms with E-state index in [-0.39, 0.29) is 22.2 Å². The molecular formula is C22H16Cl2N2O4S. The van der Waals surface area contributed by atoms with Gasteiger partial charge in [-0.2, -0.15) is 0 Å². The summed E-state index contributed by atoms with van der Waals surface area (Å²) >= 11 is 11.9. The van der Waals surface area contributed by atoms with Gasteiger partial charge in [0.05, 0.1) is 4.90 Å². The largest absolute Gasteiger partial charge is 0.484 e. The van der Waals surface area contributed by atoms with Gasteiger partial charge >= 0.3 is 0 Å². The molecule has 0 spiro atoms. The Morgan fingerprint density at radius 2 is 1.61 bits per heavy atom. The van der Waals surface area contributed by atoms with Crippen molar-refractivity contribution in [3.63, 3.8) is 0 Å². The minimum Gasteiger partial charge on any atom is -0.484 e. The van der Waals surface area contributed by atoms with Crippen LogP contribution in [0.1, 0.15) is 0 Å². The first-order valence-electron chi connectivity index (χ1n) is 9.14. The predicted octanol–water partition coefficient (Wildman–Crippen LogP) is 5.33. The fraction of sp³-hybridized carbons (Fsp3) is 0.0455. The molecule has 1 aromatic heterocycles. The number of hydrogen-bond donors (Lipinski definition) is 2. The second kappa shape index (κ2) is 8.63. The lowest BCUT2D eigenvalue weighted by molar-refractivity contribution is -0.118. The highest BCUT2D eigenvalue weighted by Gasteiger charge is 2.27. The number of ether oxygens (including phenoxy) is 1. The molecule has 1 amide bonds. The molecule has 0 unspecified atom stereocenters. The van der Waals surface area contributed by atoms with Gasteiger partial charge in [-0.05, 0) is 54.6 Å². The summed E-state index contributed by atoms with van der Waals surface area (Å²) in [6.07, 6.45) is 0. The first-order chi connectivity index (χ1) is 14.8. The van der Waals surface area contributed by atoms with Gasteiger partial charge in [-0.3, -0.25) is 4.79 Å². The zero-order chi connectivity index (χ0) is 22.0. The van der Waals surface area contributed by atoms with Crippen molar-refractivity contribution in [3.05, 3.63) is 82.8 Å². The second-order valence-corrected chi connectivity index (χ2v) is 9.39. The van der Waals surface area contributed by atoms with E-state index in [1.807, 2.05) is 0 Å². The molecule has 0 aliphatic heterocycles. The summed E-state index contributed by atoms with van der Waals surface area (Å²) in [6.45, 7) is -0.317. The summed E-state index contributed by atoms with van der Waals surface area (Å²) in [5.74, 6) is -0.0250. The molecule has 0 fully saturated rings. The van der Waals surface area contributed by atoms with Gasteiger partial charge in [-0.1, -0.05) is 41.4 Å². The van der Waals surface area contributed by atoms with E-state index >= 15 is 0 Å². The number of anilines is 1. The molecule has 3 aromatic carbocycles. The van der Waals surface area contributed by atoms with Crippen LogP contribution in [0.15, 0.2) is 82.6 Å². The minimum atomic E-state index is -3.95. The molecule has 4 rings (SSSR count). The van der Waals surface area contributed by atoms with E-state index in [0.717, 1.165) is 0 Å². The van der Waals surface area contributed by atoms with Gasteiger partial charge in [0.25, 0.3) is 5.91 Å². The monoisotopic (exact) mass is 474 g/mol. The van der Waals surface area contributed by atoms with E-state index in [1.54, 1.807) is 60.7 Å². The number of nitrogens with one attached hydrogen (secondary N) is 2. The second-order valence-electron chi connectivity index (χ2n) is 6.63. The van der Waals surface area contributed by atoms with Crippen LogP contribution in [0, 0.1) is 0 Å². The number of aromatic nitrogens is 1. The molecule has 0 bridgehead atoms. The van der Waals surface area contributed by atoms with Crippen LogP contribution in [0.5, 0.6) is 5.75 Å². The van der Waals surface area contributed by atoms with E-state index in [1.165, 1.54) is 12.1 Å². The summed E-state index contributed by atoms with van der Waals surface area (Å²) in [5, 5.41) is 3.91. The highest BCUT2D eigenvalue weighted by atomic mass is 35.5. The van der Waals surface area contributed by atoms with Gasteiger partial charge in [0.2, 0.25) is 9.84 Å². The Morgan fingerprint density at radius 1 is 0.935 bits per heavy atom. The van der Waals surface area contributed by atoms with Crippen molar-refractivity contribution in [1.29, 1.82) is 0 Å². The summed E-state index contributed by atoms with van der Waals surface area (Å²) in [7, 11) is -3.95. The SMILES string of the molecule is O=C(COc1ccc(Cl)cc1)Nc1[nH]c2ccc(Cl)cc2c1S(=O)(=O)c1ccccc1. The van der Waals surface area contributed by atoms with Crippen LogP contribution in [-0.4, -0.2) is 25.9 Å². The molecule has 6 nitrogen and oxygen atoms in total. The van der Waals surface area contributed by atoms with Gasteiger partial charge in [0.15, 0.2) is 6.61 Å². The van der Waals surface area contributed by atoms with Crippen molar-refractivity contribution in [2.24, 2.45) is 0 Å². The number of benzene rings is 3. The average Bonchev–Trinajstić information content (AvgIpc) is 3.11. The van der Waals surface area contributed by atoms with Crippen LogP contribution in [0.2, 0.25) is 10.0 Å². The molecular weight excluding hydrogens is 459 g/mol. The van der Waals surface area contributed by atoms with Crippen molar-refractivity contribution < 1.29 is 17.9 Å². The molecule has 0 radical (unpaired) electrons. The molecule has 9 heteroatoms. The van der Waals surface area contributed by atoms with Crippen LogP contribution < -0.4 is 10.1 Å². The van der Waals surface area contributed by atoms with Gasteiger partial charge < -0.3 is 15.0 Å². The van der Waals surface area contributed by atoms with Crippen molar-refractivity contribution in [1.82, 2.24) is 4.98 Å². The van der Waals surface area contributed by atoms with Crippen LogP contribution in [0.4, 0.5) is 5.82 Å². The average molecular weight is 475 g/mol. The summed E-state index contributed by atoms with van der Waals surface area (Å²) in [4.78, 5) is 15.5. The fourth-order valence-electron chi connectivity index (χ4n) is 3.08. The normalized spacial score (nSPS) is 11.4. The Balaban J connectivity index is 1.68. The van der Waals surface area contributed by atoms with E-state index in [0.29, 0.717) is 26.7 Å². The molecule has 0 saturated heterocycles. The van der Waals surface area contributed by atoms with Crippen molar-refractivity contribution in [3.8, 4) is 5.75 Å². The first kappa shape index (κ1) is 21.2. The van der Waals surface area contributed by atoms with Gasteiger partial charge in [-0.15, -0.1) is 0 Å². The maximum atomic E-state index is 13.4. The first-order valence-corrected chi connectivity index (χ1v) is 11.4. The highest BCUT2D eigenvalue weighted by molar-refractivity contribution is 7.92. The zero-order valence-corrected chi connectivity index (χ0v) is 18.3. The lowest BCUT2D eigenvalue weighted by atomic mass is 10.2. The Morgan fingerprint density at radius 3 is 2.32 bits per heavy atom. The maximum Gasteiger partial charge on any atom is 0.263 e. The van der Waals surface area contributed by atoms with Gasteiger partial charge in [0, 0.05) is 20.9 Å². The third kappa shape index (κ3) is 4.54. The molecule has 0 saturated carbocycles. The summed E-state index contributed by atoms with van der Waals surface area (Å²) in [6, 6.07) is 19.3. The lowest BCUT2D eigenvalue weighted by Gasteiger charge is -2.10. The van der Waals surface area contributed by atoms with Crippen LogP contribution in [0.3, 0.4) is 0 Å². The molecule has 158 valence electrons. The number of rotatable bonds is 6. The Kier molecular flexibility index (Phi) is 5.91. The summed E-state index contributed by atoms with van der Waals surface area (Å²) in [5.41, 5.74) is 0.521. The Labute approximate surface area is 188 Å². The number of aromatic amines is 1. The number of halogens is 2. The number of hydrogen-bond acceptors (Lipinski definition) is 4. The van der Waals surface area contributed by atoms with E-state index < -0.39 is 15.7 Å². The zero-order valence-electron chi connectivity index (χ0n) is 15.9. The molecule has 0 aliphatic carbocycles. The number of fused-ring (bicyclic) bond motifs is 1. The maximum absolute atomic E-state index is 13.4. The van der Waals surface area contributed by atoms with Gasteiger partial charge in [-0.25, -0.2) is 8.42 Å². The summed E-state index contributed by atoms with van der Waals surface area (Å²) < 4.78 is 32.2. The number of amides is 1. The Bertz CT molecular complexity index is 1350. The Hall–Kier alpha value is -3.00. The quantitative estimate of drug-likeness (QED) is 0.395. The van der Waals surface area contributed by atoms with Crippen LogP contribution in [0.25, 0.3) is 10.9 Å². The molecule has 31 heavy (non-hydrogen) atoms. The smallest absolute Gasteiger partial charge is 0.263 e. The fourth-order valence-corrected chi connectivity index (χ4v) is 4.96. The number of sulfone groups is 1. The number of carbonyl (C=O) groups excluding carboxylic acids is 1. The third-order valence-corrected chi connectivity index (χ3v) is 6.82. The van der Waals surface area contributed by atoms with Crippen LogP contribution in [-0.2, 0) is 14.6 Å². The third-order valence-electron chi connectivity index (χ3n) is 4.48. The van der Waals surface area contributed by atoms with Crippen LogP contribution >= 0.6 is 23.2 Å². The molecule has 4 aromatic rings. The lowest BCUT2D eigenvalue weighted by Crippen LogP contribution is -2.21. The van der Waals surface area contributed by atoms with Crippen molar-refractivity contribution in [2.75, 3.05) is 11.9 Å². The van der Waals surface area contributed by atoms with E-state index in [4.69, 9.17) is 27.9 Å². The minimum absolute atomic E-state index is 0.0471. The van der Waals surface area contributed by atoms with Gasteiger partial charge in [0.1, 0.15) is 16.5 Å². The van der Waals surface area contributed by atoms with E-state index in [2.05, 4.69) is 10.3 Å².